The number of rotatable bonds is 5. The molecule has 1 atom stereocenters. The van der Waals surface area contributed by atoms with Crippen LogP contribution in [0, 0.1) is 6.92 Å². The van der Waals surface area contributed by atoms with E-state index in [1.54, 1.807) is 6.08 Å². The fourth-order valence-electron chi connectivity index (χ4n) is 2.50. The molecule has 130 valence electrons. The summed E-state index contributed by atoms with van der Waals surface area (Å²) in [4.78, 5) is 20.4. The van der Waals surface area contributed by atoms with Gasteiger partial charge in [-0.25, -0.2) is 14.8 Å². The highest BCUT2D eigenvalue weighted by molar-refractivity contribution is 6.34. The molecule has 0 saturated heterocycles. The summed E-state index contributed by atoms with van der Waals surface area (Å²) >= 11 is 6.16. The van der Waals surface area contributed by atoms with Gasteiger partial charge >= 0.3 is 6.09 Å². The number of aromatic nitrogens is 3. The van der Waals surface area contributed by atoms with E-state index in [9.17, 15) is 4.79 Å². The number of carbonyl (C=O) groups is 1. The highest BCUT2D eigenvalue weighted by Crippen LogP contribution is 2.25. The van der Waals surface area contributed by atoms with Gasteiger partial charge in [-0.3, -0.25) is 0 Å². The first-order valence-corrected chi connectivity index (χ1v) is 8.15. The summed E-state index contributed by atoms with van der Waals surface area (Å²) in [6, 6.07) is -0.166. The van der Waals surface area contributed by atoms with Gasteiger partial charge in [-0.05, 0) is 39.7 Å². The zero-order chi connectivity index (χ0) is 17.9. The lowest BCUT2D eigenvalue weighted by Gasteiger charge is -2.23. The number of aryl methyl sites for hydroxylation is 1. The van der Waals surface area contributed by atoms with E-state index in [2.05, 4.69) is 21.9 Å². The number of nitrogens with one attached hydrogen (secondary N) is 1. The first-order chi connectivity index (χ1) is 11.2. The number of carbonyl (C=O) groups excluding carboxylic acids is 1. The van der Waals surface area contributed by atoms with Gasteiger partial charge in [-0.1, -0.05) is 17.7 Å². The first kappa shape index (κ1) is 18.3. The molecule has 2 rings (SSSR count). The second-order valence-electron chi connectivity index (χ2n) is 6.70. The lowest BCUT2D eigenvalue weighted by Crippen LogP contribution is -2.41. The molecular formula is C17H23ClN4O2. The maximum absolute atomic E-state index is 12.0. The van der Waals surface area contributed by atoms with Crippen molar-refractivity contribution >= 4 is 28.7 Å². The van der Waals surface area contributed by atoms with Crippen LogP contribution in [0.2, 0.25) is 5.15 Å². The molecule has 1 amide bonds. The molecule has 1 unspecified atom stereocenters. The molecule has 2 aromatic heterocycles. The number of amides is 1. The molecule has 2 aromatic rings. The minimum absolute atomic E-state index is 0.166. The third kappa shape index (κ3) is 4.47. The molecule has 0 spiro atoms. The Morgan fingerprint density at radius 1 is 1.50 bits per heavy atom. The minimum atomic E-state index is -0.541. The van der Waals surface area contributed by atoms with Crippen molar-refractivity contribution in [1.82, 2.24) is 19.9 Å². The van der Waals surface area contributed by atoms with Crippen molar-refractivity contribution in [2.75, 3.05) is 0 Å². The van der Waals surface area contributed by atoms with Crippen LogP contribution in [0.5, 0.6) is 0 Å². The SMILES string of the molecule is C=CCC(Cn1cc(C)c2c(Cl)ncnc21)NC(=O)OC(C)(C)C. The van der Waals surface area contributed by atoms with Crippen molar-refractivity contribution in [1.29, 1.82) is 0 Å². The number of hydrogen-bond acceptors (Lipinski definition) is 4. The van der Waals surface area contributed by atoms with E-state index in [1.807, 2.05) is 38.5 Å². The molecule has 24 heavy (non-hydrogen) atoms. The molecule has 0 radical (unpaired) electrons. The van der Waals surface area contributed by atoms with Crippen LogP contribution >= 0.6 is 11.6 Å². The minimum Gasteiger partial charge on any atom is -0.444 e. The average molecular weight is 351 g/mol. The topological polar surface area (TPSA) is 69.0 Å². The summed E-state index contributed by atoms with van der Waals surface area (Å²) < 4.78 is 7.29. The lowest BCUT2D eigenvalue weighted by atomic mass is 10.2. The van der Waals surface area contributed by atoms with E-state index in [4.69, 9.17) is 16.3 Å². The standard InChI is InChI=1S/C17H23ClN4O2/c1-6-7-12(21-16(23)24-17(3,4)5)9-22-8-11(2)13-14(18)19-10-20-15(13)22/h6,8,10,12H,1,7,9H2,2-5H3,(H,21,23). The third-order valence-electron chi connectivity index (χ3n) is 3.39. The summed E-state index contributed by atoms with van der Waals surface area (Å²) in [6.45, 7) is 11.7. The van der Waals surface area contributed by atoms with E-state index >= 15 is 0 Å². The normalized spacial score (nSPS) is 12.9. The van der Waals surface area contributed by atoms with Gasteiger partial charge in [0.15, 0.2) is 0 Å². The van der Waals surface area contributed by atoms with E-state index in [1.165, 1.54) is 6.33 Å². The van der Waals surface area contributed by atoms with Gasteiger partial charge < -0.3 is 14.6 Å². The lowest BCUT2D eigenvalue weighted by molar-refractivity contribution is 0.0500. The molecular weight excluding hydrogens is 328 g/mol. The van der Waals surface area contributed by atoms with Crippen molar-refractivity contribution < 1.29 is 9.53 Å². The summed E-state index contributed by atoms with van der Waals surface area (Å²) in [6.07, 6.45) is 5.32. The highest BCUT2D eigenvalue weighted by Gasteiger charge is 2.20. The quantitative estimate of drug-likeness (QED) is 0.656. The largest absolute Gasteiger partial charge is 0.444 e. The first-order valence-electron chi connectivity index (χ1n) is 7.77. The van der Waals surface area contributed by atoms with Crippen LogP contribution in [0.25, 0.3) is 11.0 Å². The third-order valence-corrected chi connectivity index (χ3v) is 3.67. The van der Waals surface area contributed by atoms with Crippen molar-refractivity contribution in [2.45, 2.75) is 52.3 Å². The van der Waals surface area contributed by atoms with E-state index in [0.29, 0.717) is 18.1 Å². The molecule has 0 aliphatic carbocycles. The highest BCUT2D eigenvalue weighted by atomic mass is 35.5. The molecule has 0 bridgehead atoms. The molecule has 7 heteroatoms. The second kappa shape index (κ2) is 7.21. The van der Waals surface area contributed by atoms with E-state index < -0.39 is 11.7 Å². The Balaban J connectivity index is 2.21. The molecule has 0 aromatic carbocycles. The zero-order valence-electron chi connectivity index (χ0n) is 14.5. The van der Waals surface area contributed by atoms with Crippen LogP contribution in [-0.2, 0) is 11.3 Å². The predicted molar refractivity (Wildman–Crippen MR) is 95.2 cm³/mol. The van der Waals surface area contributed by atoms with Gasteiger partial charge in [0.05, 0.1) is 11.4 Å². The molecule has 1 N–H and O–H groups in total. The summed E-state index contributed by atoms with van der Waals surface area (Å²) in [5.41, 5.74) is 1.19. The monoisotopic (exact) mass is 350 g/mol. The van der Waals surface area contributed by atoms with Crippen LogP contribution in [0.4, 0.5) is 4.79 Å². The molecule has 0 fully saturated rings. The van der Waals surface area contributed by atoms with Crippen LogP contribution in [-0.4, -0.2) is 32.3 Å². The number of hydrogen-bond donors (Lipinski definition) is 1. The summed E-state index contributed by atoms with van der Waals surface area (Å²) in [7, 11) is 0. The summed E-state index contributed by atoms with van der Waals surface area (Å²) in [5, 5.41) is 4.14. The fraction of sp³-hybridized carbons (Fsp3) is 0.471. The van der Waals surface area contributed by atoms with Crippen LogP contribution in [0.3, 0.4) is 0 Å². The Hall–Kier alpha value is -2.08. The van der Waals surface area contributed by atoms with Gasteiger partial charge in [0, 0.05) is 12.7 Å². The van der Waals surface area contributed by atoms with Gasteiger partial charge in [0.2, 0.25) is 0 Å². The van der Waals surface area contributed by atoms with E-state index in [-0.39, 0.29) is 6.04 Å². The Kier molecular flexibility index (Phi) is 5.49. The Morgan fingerprint density at radius 2 is 2.21 bits per heavy atom. The van der Waals surface area contributed by atoms with Crippen molar-refractivity contribution in [3.05, 3.63) is 35.9 Å². The smallest absolute Gasteiger partial charge is 0.407 e. The average Bonchev–Trinajstić information content (AvgIpc) is 2.74. The van der Waals surface area contributed by atoms with Crippen LogP contribution in [0.1, 0.15) is 32.8 Å². The predicted octanol–water partition coefficient (Wildman–Crippen LogP) is 3.86. The van der Waals surface area contributed by atoms with Gasteiger partial charge in [0.25, 0.3) is 0 Å². The van der Waals surface area contributed by atoms with Gasteiger partial charge in [-0.15, -0.1) is 6.58 Å². The van der Waals surface area contributed by atoms with Crippen molar-refractivity contribution in [3.8, 4) is 0 Å². The maximum Gasteiger partial charge on any atom is 0.407 e. The van der Waals surface area contributed by atoms with E-state index in [0.717, 1.165) is 16.6 Å². The Labute approximate surface area is 146 Å². The van der Waals surface area contributed by atoms with Gasteiger partial charge in [0.1, 0.15) is 22.7 Å². The van der Waals surface area contributed by atoms with Crippen LogP contribution < -0.4 is 5.32 Å². The fourth-order valence-corrected chi connectivity index (χ4v) is 2.78. The van der Waals surface area contributed by atoms with Crippen LogP contribution in [0.15, 0.2) is 25.2 Å². The molecule has 0 aliphatic heterocycles. The number of fused-ring (bicyclic) bond motifs is 1. The number of alkyl carbamates (subject to hydrolysis) is 1. The van der Waals surface area contributed by atoms with Gasteiger partial charge in [-0.2, -0.15) is 0 Å². The summed E-state index contributed by atoms with van der Waals surface area (Å²) in [5.74, 6) is 0. The Morgan fingerprint density at radius 3 is 2.83 bits per heavy atom. The maximum atomic E-state index is 12.0. The Bertz CT molecular complexity index is 749. The molecule has 2 heterocycles. The number of nitrogens with zero attached hydrogens (tertiary/aromatic N) is 3. The zero-order valence-corrected chi connectivity index (χ0v) is 15.2. The van der Waals surface area contributed by atoms with Crippen molar-refractivity contribution in [3.63, 3.8) is 0 Å². The number of halogens is 1. The molecule has 0 saturated carbocycles. The number of ether oxygens (including phenoxy) is 1. The molecule has 6 nitrogen and oxygen atoms in total. The molecule has 0 aliphatic rings. The van der Waals surface area contributed by atoms with Crippen molar-refractivity contribution in [2.24, 2.45) is 0 Å². The second-order valence-corrected chi connectivity index (χ2v) is 7.05.